The molecule has 0 aromatic heterocycles. The molecule has 0 atom stereocenters. The van der Waals surface area contributed by atoms with Crippen LogP contribution in [0.1, 0.15) is 13.8 Å². The highest BCUT2D eigenvalue weighted by molar-refractivity contribution is 4.68. The fourth-order valence-corrected chi connectivity index (χ4v) is 0.258. The van der Waals surface area contributed by atoms with E-state index in [-0.39, 0.29) is 0 Å². The van der Waals surface area contributed by atoms with Crippen LogP contribution in [-0.4, -0.2) is 25.5 Å². The molecule has 1 nitrogen and oxygen atoms in total. The van der Waals surface area contributed by atoms with Gasteiger partial charge in [-0.15, -0.1) is 6.58 Å². The average Bonchev–Trinajstić information content (AvgIpc) is 1.72. The van der Waals surface area contributed by atoms with Crippen LogP contribution in [0.15, 0.2) is 12.7 Å². The van der Waals surface area contributed by atoms with Gasteiger partial charge in [-0.1, -0.05) is 19.9 Å². The van der Waals surface area contributed by atoms with Gasteiger partial charge < -0.3 is 4.90 Å². The summed E-state index contributed by atoms with van der Waals surface area (Å²) in [6.07, 6.45) is 1.88. The van der Waals surface area contributed by atoms with Crippen LogP contribution in [0.5, 0.6) is 0 Å². The summed E-state index contributed by atoms with van der Waals surface area (Å²) >= 11 is 0. The number of hydrogen-bond acceptors (Lipinski definition) is 1. The van der Waals surface area contributed by atoms with Crippen LogP contribution in [0.2, 0.25) is 0 Å². The van der Waals surface area contributed by atoms with Crippen molar-refractivity contribution in [3.63, 3.8) is 0 Å². The molecule has 0 bridgehead atoms. The molecule has 8 heavy (non-hydrogen) atoms. The van der Waals surface area contributed by atoms with Gasteiger partial charge in [-0.05, 0) is 14.1 Å². The second-order valence-electron chi connectivity index (χ2n) is 1.55. The highest BCUT2D eigenvalue weighted by atomic mass is 15.0. The molecule has 0 aliphatic carbocycles. The monoisotopic (exact) mass is 115 g/mol. The van der Waals surface area contributed by atoms with Gasteiger partial charge in [0.2, 0.25) is 0 Å². The van der Waals surface area contributed by atoms with E-state index >= 15 is 0 Å². The molecule has 0 unspecified atom stereocenters. The van der Waals surface area contributed by atoms with E-state index < -0.39 is 0 Å². The van der Waals surface area contributed by atoms with E-state index in [9.17, 15) is 0 Å². The van der Waals surface area contributed by atoms with Crippen molar-refractivity contribution in [1.82, 2.24) is 4.90 Å². The average molecular weight is 115 g/mol. The van der Waals surface area contributed by atoms with Gasteiger partial charge in [0.15, 0.2) is 0 Å². The maximum Gasteiger partial charge on any atom is 0.0154 e. The first kappa shape index (κ1) is 10.6. The predicted octanol–water partition coefficient (Wildman–Crippen LogP) is 1.76. The van der Waals surface area contributed by atoms with E-state index in [2.05, 4.69) is 11.5 Å². The van der Waals surface area contributed by atoms with Gasteiger partial charge in [0.1, 0.15) is 0 Å². The fraction of sp³-hybridized carbons (Fsp3) is 0.714. The van der Waals surface area contributed by atoms with E-state index in [0.717, 1.165) is 6.54 Å². The second-order valence-corrected chi connectivity index (χ2v) is 1.55. The van der Waals surface area contributed by atoms with Crippen LogP contribution in [-0.2, 0) is 0 Å². The molecule has 0 rings (SSSR count). The molecular formula is C7H17N. The van der Waals surface area contributed by atoms with Crippen LogP contribution >= 0.6 is 0 Å². The first-order chi connectivity index (χ1) is 3.77. The zero-order valence-corrected chi connectivity index (χ0v) is 6.44. The predicted molar refractivity (Wildman–Crippen MR) is 40.1 cm³/mol. The van der Waals surface area contributed by atoms with Crippen molar-refractivity contribution in [3.8, 4) is 0 Å². The molecule has 50 valence electrons. The molecular weight excluding hydrogens is 98.1 g/mol. The van der Waals surface area contributed by atoms with Crippen molar-refractivity contribution in [2.45, 2.75) is 13.8 Å². The van der Waals surface area contributed by atoms with Crippen LogP contribution in [0.3, 0.4) is 0 Å². The topological polar surface area (TPSA) is 3.24 Å². The summed E-state index contributed by atoms with van der Waals surface area (Å²) in [5.41, 5.74) is 0. The first-order valence-electron chi connectivity index (χ1n) is 3.03. The van der Waals surface area contributed by atoms with Gasteiger partial charge in [-0.3, -0.25) is 0 Å². The summed E-state index contributed by atoms with van der Waals surface area (Å²) < 4.78 is 0. The summed E-state index contributed by atoms with van der Waals surface area (Å²) in [6.45, 7) is 8.53. The zero-order chi connectivity index (χ0) is 6.99. The van der Waals surface area contributed by atoms with Gasteiger partial charge in [-0.2, -0.15) is 0 Å². The van der Waals surface area contributed by atoms with Crippen LogP contribution < -0.4 is 0 Å². The minimum Gasteiger partial charge on any atom is -0.306 e. The number of hydrogen-bond donors (Lipinski definition) is 0. The number of likely N-dealkylation sites (N-methyl/N-ethyl adjacent to an activating group) is 1. The molecule has 0 heterocycles. The standard InChI is InChI=1S/C5H11N.C2H6/c1-4-5-6(2)3;1-2/h4H,1,5H2,2-3H3;1-2H3. The Bertz CT molecular complexity index is 39.7. The van der Waals surface area contributed by atoms with Gasteiger partial charge in [0.05, 0.1) is 0 Å². The van der Waals surface area contributed by atoms with E-state index in [1.807, 2.05) is 34.0 Å². The van der Waals surface area contributed by atoms with E-state index in [1.165, 1.54) is 0 Å². The molecule has 1 heteroatoms. The van der Waals surface area contributed by atoms with Crippen LogP contribution in [0, 0.1) is 0 Å². The Morgan fingerprint density at radius 3 is 1.75 bits per heavy atom. The van der Waals surface area contributed by atoms with E-state index in [4.69, 9.17) is 0 Å². The van der Waals surface area contributed by atoms with Gasteiger partial charge in [0, 0.05) is 6.54 Å². The molecule has 0 saturated carbocycles. The Hall–Kier alpha value is -0.300. The SMILES string of the molecule is C=CCN(C)C.CC. The highest BCUT2D eigenvalue weighted by Crippen LogP contribution is 1.69. The minimum absolute atomic E-state index is 0.972. The third-order valence-corrected chi connectivity index (χ3v) is 0.494. The first-order valence-corrected chi connectivity index (χ1v) is 3.03. The van der Waals surface area contributed by atoms with Crippen molar-refractivity contribution in [2.75, 3.05) is 20.6 Å². The molecule has 0 fully saturated rings. The molecule has 0 amide bonds. The summed E-state index contributed by atoms with van der Waals surface area (Å²) in [4.78, 5) is 2.06. The Morgan fingerprint density at radius 1 is 1.38 bits per heavy atom. The van der Waals surface area contributed by atoms with Crippen molar-refractivity contribution >= 4 is 0 Å². The molecule has 0 radical (unpaired) electrons. The normalized spacial score (nSPS) is 7.62. The van der Waals surface area contributed by atoms with E-state index in [1.54, 1.807) is 0 Å². The van der Waals surface area contributed by atoms with Crippen molar-refractivity contribution in [2.24, 2.45) is 0 Å². The minimum atomic E-state index is 0.972. The van der Waals surface area contributed by atoms with Crippen molar-refractivity contribution in [3.05, 3.63) is 12.7 Å². The van der Waals surface area contributed by atoms with Crippen LogP contribution in [0.4, 0.5) is 0 Å². The zero-order valence-electron chi connectivity index (χ0n) is 6.44. The highest BCUT2D eigenvalue weighted by Gasteiger charge is 1.75. The number of rotatable bonds is 2. The third kappa shape index (κ3) is 17.3. The molecule has 0 N–H and O–H groups in total. The Kier molecular flexibility index (Phi) is 13.1. The largest absolute Gasteiger partial charge is 0.306 e. The Balaban J connectivity index is 0. The summed E-state index contributed by atoms with van der Waals surface area (Å²) in [5.74, 6) is 0. The Morgan fingerprint density at radius 2 is 1.75 bits per heavy atom. The summed E-state index contributed by atoms with van der Waals surface area (Å²) in [7, 11) is 4.03. The lowest BCUT2D eigenvalue weighted by molar-refractivity contribution is 0.457. The molecule has 0 aromatic rings. The van der Waals surface area contributed by atoms with Gasteiger partial charge in [0.25, 0.3) is 0 Å². The molecule has 0 saturated heterocycles. The molecule has 0 aliphatic rings. The summed E-state index contributed by atoms with van der Waals surface area (Å²) in [5, 5.41) is 0. The molecule has 0 spiro atoms. The third-order valence-electron chi connectivity index (χ3n) is 0.494. The Labute approximate surface area is 53.0 Å². The lowest BCUT2D eigenvalue weighted by Crippen LogP contribution is -2.09. The van der Waals surface area contributed by atoms with Gasteiger partial charge >= 0.3 is 0 Å². The van der Waals surface area contributed by atoms with Crippen molar-refractivity contribution in [1.29, 1.82) is 0 Å². The van der Waals surface area contributed by atoms with Crippen LogP contribution in [0.25, 0.3) is 0 Å². The van der Waals surface area contributed by atoms with Crippen molar-refractivity contribution < 1.29 is 0 Å². The van der Waals surface area contributed by atoms with E-state index in [0.29, 0.717) is 0 Å². The second kappa shape index (κ2) is 9.85. The maximum absolute atomic E-state index is 3.56. The maximum atomic E-state index is 3.56. The smallest absolute Gasteiger partial charge is 0.0154 e. The van der Waals surface area contributed by atoms with Gasteiger partial charge in [-0.25, -0.2) is 0 Å². The lowest BCUT2D eigenvalue weighted by atomic mass is 10.6. The number of nitrogens with zero attached hydrogens (tertiary/aromatic N) is 1. The molecule has 0 aliphatic heterocycles. The fourth-order valence-electron chi connectivity index (χ4n) is 0.258. The quantitative estimate of drug-likeness (QED) is 0.496. The lowest BCUT2D eigenvalue weighted by Gasteiger charge is -2.01. The molecule has 0 aromatic carbocycles. The summed E-state index contributed by atoms with van der Waals surface area (Å²) in [6, 6.07) is 0.